The number of amides is 1. The van der Waals surface area contributed by atoms with Crippen molar-refractivity contribution in [3.8, 4) is 17.9 Å². The summed E-state index contributed by atoms with van der Waals surface area (Å²) in [5.74, 6) is 0.799. The molecule has 0 aliphatic carbocycles. The Kier molecular flexibility index (Phi) is 6.83. The SMILES string of the molecule is CC(CC#N)C1C(C)N(c2ncc(OCc3ccncc3C#N)cn2)CCN1C(=O)O. The monoisotopic (exact) mass is 421 g/mol. The topological polar surface area (TPSA) is 139 Å². The third kappa shape index (κ3) is 4.81. The van der Waals surface area contributed by atoms with Crippen LogP contribution in [-0.4, -0.2) is 56.2 Å². The number of pyridine rings is 1. The van der Waals surface area contributed by atoms with Crippen molar-refractivity contribution >= 4 is 12.0 Å². The predicted octanol–water partition coefficient (Wildman–Crippen LogP) is 2.43. The number of nitriles is 2. The summed E-state index contributed by atoms with van der Waals surface area (Å²) >= 11 is 0. The number of hydrogen-bond donors (Lipinski definition) is 1. The van der Waals surface area contributed by atoms with Gasteiger partial charge < -0.3 is 19.6 Å². The molecule has 1 saturated heterocycles. The van der Waals surface area contributed by atoms with Crippen LogP contribution in [0.25, 0.3) is 0 Å². The molecule has 3 unspecified atom stereocenters. The molecule has 1 fully saturated rings. The van der Waals surface area contributed by atoms with E-state index in [4.69, 9.17) is 15.3 Å². The first kappa shape index (κ1) is 21.8. The summed E-state index contributed by atoms with van der Waals surface area (Å²) in [5.41, 5.74) is 1.16. The van der Waals surface area contributed by atoms with Gasteiger partial charge in [0.2, 0.25) is 5.95 Å². The van der Waals surface area contributed by atoms with Gasteiger partial charge in [0.05, 0.1) is 36.1 Å². The molecule has 0 saturated carbocycles. The molecule has 31 heavy (non-hydrogen) atoms. The molecule has 10 heteroatoms. The molecular formula is C21H23N7O3. The molecule has 1 aliphatic rings. The number of carbonyl (C=O) groups is 1. The predicted molar refractivity (Wildman–Crippen MR) is 110 cm³/mol. The van der Waals surface area contributed by atoms with E-state index in [9.17, 15) is 9.90 Å². The molecule has 1 amide bonds. The number of piperazine rings is 1. The minimum Gasteiger partial charge on any atom is -0.486 e. The van der Waals surface area contributed by atoms with Crippen LogP contribution in [0.5, 0.6) is 5.75 Å². The van der Waals surface area contributed by atoms with Crippen molar-refractivity contribution in [3.05, 3.63) is 42.0 Å². The average Bonchev–Trinajstić information content (AvgIpc) is 2.78. The van der Waals surface area contributed by atoms with Gasteiger partial charge in [-0.2, -0.15) is 10.5 Å². The highest BCUT2D eigenvalue weighted by atomic mass is 16.5. The number of carboxylic acid groups (broad SMARTS) is 1. The highest BCUT2D eigenvalue weighted by molar-refractivity contribution is 5.66. The molecule has 3 heterocycles. The summed E-state index contributed by atoms with van der Waals surface area (Å²) in [4.78, 5) is 27.8. The largest absolute Gasteiger partial charge is 0.486 e. The van der Waals surface area contributed by atoms with Crippen molar-refractivity contribution in [1.82, 2.24) is 19.9 Å². The molecule has 0 radical (unpaired) electrons. The van der Waals surface area contributed by atoms with E-state index in [0.717, 1.165) is 0 Å². The number of nitrogens with zero attached hydrogens (tertiary/aromatic N) is 7. The number of rotatable bonds is 6. The molecule has 1 aliphatic heterocycles. The van der Waals surface area contributed by atoms with E-state index in [-0.39, 0.29) is 31.0 Å². The highest BCUT2D eigenvalue weighted by Gasteiger charge is 2.40. The molecule has 2 aromatic rings. The Morgan fingerprint density at radius 3 is 2.71 bits per heavy atom. The zero-order valence-corrected chi connectivity index (χ0v) is 17.3. The normalized spacial score (nSPS) is 19.2. The molecule has 0 spiro atoms. The van der Waals surface area contributed by atoms with Gasteiger partial charge in [-0.05, 0) is 18.9 Å². The summed E-state index contributed by atoms with van der Waals surface area (Å²) < 4.78 is 5.70. The summed E-state index contributed by atoms with van der Waals surface area (Å²) in [6.45, 7) is 4.76. The lowest BCUT2D eigenvalue weighted by molar-refractivity contribution is 0.0841. The molecule has 160 valence electrons. The van der Waals surface area contributed by atoms with Crippen molar-refractivity contribution in [2.75, 3.05) is 18.0 Å². The second-order valence-corrected chi connectivity index (χ2v) is 7.39. The van der Waals surface area contributed by atoms with Gasteiger partial charge in [-0.3, -0.25) is 4.98 Å². The van der Waals surface area contributed by atoms with Gasteiger partial charge in [0, 0.05) is 37.5 Å². The first-order valence-corrected chi connectivity index (χ1v) is 9.87. The van der Waals surface area contributed by atoms with Crippen LogP contribution >= 0.6 is 0 Å². The second-order valence-electron chi connectivity index (χ2n) is 7.39. The van der Waals surface area contributed by atoms with Crippen molar-refractivity contribution in [2.24, 2.45) is 5.92 Å². The van der Waals surface area contributed by atoms with Crippen LogP contribution in [0.2, 0.25) is 0 Å². The molecule has 3 rings (SSSR count). The van der Waals surface area contributed by atoms with Crippen molar-refractivity contribution < 1.29 is 14.6 Å². The Hall–Kier alpha value is -3.92. The Morgan fingerprint density at radius 2 is 2.06 bits per heavy atom. The maximum atomic E-state index is 11.7. The molecule has 2 aromatic heterocycles. The molecule has 3 atom stereocenters. The molecule has 0 bridgehead atoms. The molecule has 10 nitrogen and oxygen atoms in total. The van der Waals surface area contributed by atoms with Gasteiger partial charge >= 0.3 is 6.09 Å². The Bertz CT molecular complexity index is 999. The highest BCUT2D eigenvalue weighted by Crippen LogP contribution is 2.28. The maximum absolute atomic E-state index is 11.7. The van der Waals surface area contributed by atoms with Crippen molar-refractivity contribution in [3.63, 3.8) is 0 Å². The van der Waals surface area contributed by atoms with E-state index in [2.05, 4.69) is 27.1 Å². The first-order chi connectivity index (χ1) is 15.0. The lowest BCUT2D eigenvalue weighted by Gasteiger charge is -2.47. The average molecular weight is 421 g/mol. The Morgan fingerprint density at radius 1 is 1.32 bits per heavy atom. The van der Waals surface area contributed by atoms with Crippen LogP contribution in [0.3, 0.4) is 0 Å². The first-order valence-electron chi connectivity index (χ1n) is 9.87. The summed E-state index contributed by atoms with van der Waals surface area (Å²) in [5, 5.41) is 27.8. The van der Waals surface area contributed by atoms with E-state index in [0.29, 0.717) is 35.9 Å². The third-order valence-electron chi connectivity index (χ3n) is 5.47. The zero-order valence-electron chi connectivity index (χ0n) is 17.3. The summed E-state index contributed by atoms with van der Waals surface area (Å²) in [6, 6.07) is 5.39. The number of anilines is 1. The molecule has 1 N–H and O–H groups in total. The van der Waals surface area contributed by atoms with Gasteiger partial charge in [-0.25, -0.2) is 14.8 Å². The van der Waals surface area contributed by atoms with E-state index in [1.54, 1.807) is 24.7 Å². The summed E-state index contributed by atoms with van der Waals surface area (Å²) in [6.07, 6.45) is 5.47. The lowest BCUT2D eigenvalue weighted by Crippen LogP contribution is -2.62. The third-order valence-corrected chi connectivity index (χ3v) is 5.47. The number of ether oxygens (including phenoxy) is 1. The minimum atomic E-state index is -0.987. The number of aromatic nitrogens is 3. The zero-order chi connectivity index (χ0) is 22.4. The second kappa shape index (κ2) is 9.72. The Labute approximate surface area is 180 Å². The summed E-state index contributed by atoms with van der Waals surface area (Å²) in [7, 11) is 0. The Balaban J connectivity index is 1.72. The van der Waals surface area contributed by atoms with Gasteiger partial charge in [-0.15, -0.1) is 0 Å². The van der Waals surface area contributed by atoms with E-state index in [1.807, 2.05) is 18.7 Å². The van der Waals surface area contributed by atoms with E-state index in [1.165, 1.54) is 11.1 Å². The fourth-order valence-corrected chi connectivity index (χ4v) is 3.91. The molecular weight excluding hydrogens is 398 g/mol. The number of hydrogen-bond acceptors (Lipinski definition) is 8. The fraction of sp³-hybridized carbons (Fsp3) is 0.429. The van der Waals surface area contributed by atoms with Crippen LogP contribution in [-0.2, 0) is 6.61 Å². The van der Waals surface area contributed by atoms with Crippen LogP contribution in [0, 0.1) is 28.6 Å². The fourth-order valence-electron chi connectivity index (χ4n) is 3.91. The molecule has 0 aromatic carbocycles. The van der Waals surface area contributed by atoms with Crippen LogP contribution < -0.4 is 9.64 Å². The van der Waals surface area contributed by atoms with Gasteiger partial charge in [0.1, 0.15) is 12.7 Å². The smallest absolute Gasteiger partial charge is 0.407 e. The van der Waals surface area contributed by atoms with Crippen molar-refractivity contribution in [1.29, 1.82) is 10.5 Å². The van der Waals surface area contributed by atoms with Crippen molar-refractivity contribution in [2.45, 2.75) is 39.0 Å². The van der Waals surface area contributed by atoms with Crippen LogP contribution in [0.4, 0.5) is 10.7 Å². The quantitative estimate of drug-likeness (QED) is 0.744. The van der Waals surface area contributed by atoms with Gasteiger partial charge in [0.25, 0.3) is 0 Å². The van der Waals surface area contributed by atoms with E-state index < -0.39 is 6.09 Å². The lowest BCUT2D eigenvalue weighted by atomic mass is 9.89. The van der Waals surface area contributed by atoms with Crippen LogP contribution in [0.1, 0.15) is 31.4 Å². The maximum Gasteiger partial charge on any atom is 0.407 e. The minimum absolute atomic E-state index is 0.129. The standard InChI is InChI=1S/C21H23N7O3/c1-14(3-5-22)19-15(2)27(7-8-28(19)21(29)30)20-25-11-18(12-26-20)31-13-16-4-6-24-10-17(16)9-23/h4,6,10-12,14-15,19H,3,7-8,13H2,1-2H3,(H,29,30). The van der Waals surface area contributed by atoms with Gasteiger partial charge in [-0.1, -0.05) is 6.92 Å². The van der Waals surface area contributed by atoms with E-state index >= 15 is 0 Å². The van der Waals surface area contributed by atoms with Crippen LogP contribution in [0.15, 0.2) is 30.9 Å². The van der Waals surface area contributed by atoms with Gasteiger partial charge in [0.15, 0.2) is 5.75 Å².